The quantitative estimate of drug-likeness (QED) is 0.471. The number of rotatable bonds is 6. The summed E-state index contributed by atoms with van der Waals surface area (Å²) in [4.78, 5) is 22.8. The van der Waals surface area contributed by atoms with E-state index in [1.54, 1.807) is 0 Å². The summed E-state index contributed by atoms with van der Waals surface area (Å²) in [5, 5.41) is 3.00. The van der Waals surface area contributed by atoms with E-state index in [4.69, 9.17) is 4.74 Å². The van der Waals surface area contributed by atoms with Crippen LogP contribution in [0.2, 0.25) is 0 Å². The molecule has 0 unspecified atom stereocenters. The number of aryl methyl sites for hydroxylation is 1. The fraction of sp³-hybridized carbons (Fsp3) is 0.231. The number of amides is 1. The average Bonchev–Trinajstić information content (AvgIpc) is 3.28. The first-order chi connectivity index (χ1) is 15.7. The molecule has 0 atom stereocenters. The van der Waals surface area contributed by atoms with Gasteiger partial charge in [0.1, 0.15) is 5.82 Å². The molecule has 1 amide bonds. The van der Waals surface area contributed by atoms with E-state index in [-0.39, 0.29) is 5.91 Å². The van der Waals surface area contributed by atoms with Gasteiger partial charge < -0.3 is 19.9 Å². The van der Waals surface area contributed by atoms with E-state index in [1.807, 2.05) is 54.6 Å². The molecule has 0 radical (unpaired) electrons. The SMILES string of the molecule is O=C(CCc1ccc2nc(-c3ccccc3)[nH]c2c1)Nc1ccc(N2CCOCC2)cc1. The van der Waals surface area contributed by atoms with Crippen LogP contribution in [0.15, 0.2) is 72.8 Å². The van der Waals surface area contributed by atoms with Crippen molar-refractivity contribution in [1.82, 2.24) is 9.97 Å². The molecule has 5 rings (SSSR count). The van der Waals surface area contributed by atoms with Gasteiger partial charge >= 0.3 is 0 Å². The van der Waals surface area contributed by atoms with Crippen LogP contribution < -0.4 is 10.2 Å². The highest BCUT2D eigenvalue weighted by Gasteiger charge is 2.11. The van der Waals surface area contributed by atoms with Crippen LogP contribution in [-0.4, -0.2) is 42.2 Å². The topological polar surface area (TPSA) is 70.2 Å². The Morgan fingerprint density at radius 3 is 2.56 bits per heavy atom. The summed E-state index contributed by atoms with van der Waals surface area (Å²) in [5.74, 6) is 0.870. The van der Waals surface area contributed by atoms with E-state index in [0.717, 1.165) is 65.7 Å². The smallest absolute Gasteiger partial charge is 0.224 e. The van der Waals surface area contributed by atoms with E-state index in [1.165, 1.54) is 0 Å². The predicted octanol–water partition coefficient (Wildman–Crippen LogP) is 4.64. The molecule has 2 heterocycles. The highest BCUT2D eigenvalue weighted by Crippen LogP contribution is 2.22. The number of fused-ring (bicyclic) bond motifs is 1. The van der Waals surface area contributed by atoms with Gasteiger partial charge in [-0.25, -0.2) is 4.98 Å². The molecule has 1 saturated heterocycles. The number of ether oxygens (including phenoxy) is 1. The van der Waals surface area contributed by atoms with Crippen molar-refractivity contribution in [1.29, 1.82) is 0 Å². The molecule has 2 N–H and O–H groups in total. The molecule has 0 saturated carbocycles. The zero-order valence-electron chi connectivity index (χ0n) is 17.9. The molecular formula is C26H26N4O2. The lowest BCUT2D eigenvalue weighted by molar-refractivity contribution is -0.116. The summed E-state index contributed by atoms with van der Waals surface area (Å²) in [5.41, 5.74) is 6.07. The Labute approximate surface area is 187 Å². The molecule has 32 heavy (non-hydrogen) atoms. The minimum absolute atomic E-state index is 0.0128. The molecule has 1 aromatic heterocycles. The van der Waals surface area contributed by atoms with Gasteiger partial charge in [0.05, 0.1) is 24.2 Å². The number of aromatic amines is 1. The number of carbonyl (C=O) groups is 1. The molecule has 0 bridgehead atoms. The zero-order valence-corrected chi connectivity index (χ0v) is 17.9. The van der Waals surface area contributed by atoms with E-state index in [0.29, 0.717) is 12.8 Å². The van der Waals surface area contributed by atoms with Crippen LogP contribution in [0, 0.1) is 0 Å². The third-order valence-corrected chi connectivity index (χ3v) is 5.76. The predicted molar refractivity (Wildman–Crippen MR) is 128 cm³/mol. The summed E-state index contributed by atoms with van der Waals surface area (Å²) in [6, 6.07) is 24.2. The number of benzene rings is 3. The van der Waals surface area contributed by atoms with Gasteiger partial charge in [-0.3, -0.25) is 4.79 Å². The van der Waals surface area contributed by atoms with E-state index in [9.17, 15) is 4.79 Å². The van der Waals surface area contributed by atoms with E-state index in [2.05, 4.69) is 38.4 Å². The first-order valence-electron chi connectivity index (χ1n) is 11.0. The molecular weight excluding hydrogens is 400 g/mol. The van der Waals surface area contributed by atoms with Crippen molar-refractivity contribution in [2.24, 2.45) is 0 Å². The van der Waals surface area contributed by atoms with Crippen LogP contribution in [0.25, 0.3) is 22.4 Å². The van der Waals surface area contributed by atoms with Crippen molar-refractivity contribution >= 4 is 28.3 Å². The van der Waals surface area contributed by atoms with Gasteiger partial charge in [0.15, 0.2) is 0 Å². The second-order valence-electron chi connectivity index (χ2n) is 8.00. The maximum absolute atomic E-state index is 12.5. The van der Waals surface area contributed by atoms with Crippen molar-refractivity contribution in [2.45, 2.75) is 12.8 Å². The highest BCUT2D eigenvalue weighted by atomic mass is 16.5. The fourth-order valence-corrected chi connectivity index (χ4v) is 4.00. The highest BCUT2D eigenvalue weighted by molar-refractivity contribution is 5.91. The first-order valence-corrected chi connectivity index (χ1v) is 11.0. The van der Waals surface area contributed by atoms with Gasteiger partial charge in [0, 0.05) is 36.4 Å². The number of anilines is 2. The Bertz CT molecular complexity index is 1200. The summed E-state index contributed by atoms with van der Waals surface area (Å²) in [6.07, 6.45) is 1.10. The Morgan fingerprint density at radius 2 is 1.78 bits per heavy atom. The second-order valence-corrected chi connectivity index (χ2v) is 8.00. The summed E-state index contributed by atoms with van der Waals surface area (Å²) in [7, 11) is 0. The van der Waals surface area contributed by atoms with Gasteiger partial charge in [0.25, 0.3) is 0 Å². The molecule has 6 nitrogen and oxygen atoms in total. The number of imidazole rings is 1. The van der Waals surface area contributed by atoms with Crippen molar-refractivity contribution < 1.29 is 9.53 Å². The minimum Gasteiger partial charge on any atom is -0.378 e. The molecule has 1 fully saturated rings. The number of carbonyl (C=O) groups excluding carboxylic acids is 1. The van der Waals surface area contributed by atoms with Gasteiger partial charge in [-0.05, 0) is 48.4 Å². The Morgan fingerprint density at radius 1 is 1.00 bits per heavy atom. The maximum atomic E-state index is 12.5. The van der Waals surface area contributed by atoms with Crippen molar-refractivity contribution in [2.75, 3.05) is 36.5 Å². The van der Waals surface area contributed by atoms with Crippen LogP contribution in [0.5, 0.6) is 0 Å². The third-order valence-electron chi connectivity index (χ3n) is 5.76. The molecule has 6 heteroatoms. The van der Waals surface area contributed by atoms with Gasteiger partial charge in [-0.1, -0.05) is 36.4 Å². The first kappa shape index (κ1) is 20.3. The van der Waals surface area contributed by atoms with E-state index >= 15 is 0 Å². The molecule has 0 aliphatic carbocycles. The average molecular weight is 427 g/mol. The summed E-state index contributed by atoms with van der Waals surface area (Å²) in [6.45, 7) is 3.32. The molecule has 4 aromatic rings. The molecule has 1 aliphatic rings. The van der Waals surface area contributed by atoms with Crippen LogP contribution in [0.4, 0.5) is 11.4 Å². The number of nitrogens with zero attached hydrogens (tertiary/aromatic N) is 2. The van der Waals surface area contributed by atoms with Crippen LogP contribution in [0.3, 0.4) is 0 Å². The number of H-pyrrole nitrogens is 1. The minimum atomic E-state index is 0.0128. The summed E-state index contributed by atoms with van der Waals surface area (Å²) < 4.78 is 5.40. The lowest BCUT2D eigenvalue weighted by Gasteiger charge is -2.28. The van der Waals surface area contributed by atoms with Crippen molar-refractivity contribution in [3.05, 3.63) is 78.4 Å². The van der Waals surface area contributed by atoms with Crippen molar-refractivity contribution in [3.8, 4) is 11.4 Å². The lowest BCUT2D eigenvalue weighted by atomic mass is 10.1. The van der Waals surface area contributed by atoms with Crippen molar-refractivity contribution in [3.63, 3.8) is 0 Å². The van der Waals surface area contributed by atoms with Crippen LogP contribution >= 0.6 is 0 Å². The van der Waals surface area contributed by atoms with Gasteiger partial charge in [-0.2, -0.15) is 0 Å². The van der Waals surface area contributed by atoms with Crippen LogP contribution in [0.1, 0.15) is 12.0 Å². The van der Waals surface area contributed by atoms with Gasteiger partial charge in [0.2, 0.25) is 5.91 Å². The largest absolute Gasteiger partial charge is 0.378 e. The van der Waals surface area contributed by atoms with Crippen LogP contribution in [-0.2, 0) is 16.0 Å². The third kappa shape index (κ3) is 4.65. The maximum Gasteiger partial charge on any atom is 0.224 e. The number of morpholine rings is 1. The number of hydrogen-bond acceptors (Lipinski definition) is 4. The lowest BCUT2D eigenvalue weighted by Crippen LogP contribution is -2.36. The second kappa shape index (κ2) is 9.24. The van der Waals surface area contributed by atoms with Gasteiger partial charge in [-0.15, -0.1) is 0 Å². The summed E-state index contributed by atoms with van der Waals surface area (Å²) >= 11 is 0. The molecule has 0 spiro atoms. The number of aromatic nitrogens is 2. The van der Waals surface area contributed by atoms with E-state index < -0.39 is 0 Å². The zero-order chi connectivity index (χ0) is 21.8. The fourth-order valence-electron chi connectivity index (χ4n) is 4.00. The molecule has 162 valence electrons. The molecule has 3 aromatic carbocycles. The monoisotopic (exact) mass is 426 g/mol. The standard InChI is InChI=1S/C26H26N4O2/c31-25(27-21-8-10-22(11-9-21)30-14-16-32-17-15-30)13-7-19-6-12-23-24(18-19)29-26(28-23)20-4-2-1-3-5-20/h1-6,8-12,18H,7,13-17H2,(H,27,31)(H,28,29). The molecule has 1 aliphatic heterocycles. The number of nitrogens with one attached hydrogen (secondary N) is 2. The number of hydrogen-bond donors (Lipinski definition) is 2. The Hall–Kier alpha value is -3.64. The normalized spacial score (nSPS) is 13.9. The Kier molecular flexibility index (Phi) is 5.85. The Balaban J connectivity index is 1.18.